The van der Waals surface area contributed by atoms with Crippen molar-refractivity contribution in [3.63, 3.8) is 0 Å². The highest BCUT2D eigenvalue weighted by atomic mass is 32.1. The molecule has 2 aromatic rings. The summed E-state index contributed by atoms with van der Waals surface area (Å²) >= 11 is 1.49. The van der Waals surface area contributed by atoms with Gasteiger partial charge in [-0.1, -0.05) is 19.1 Å². The van der Waals surface area contributed by atoms with E-state index in [1.165, 1.54) is 16.2 Å². The zero-order valence-electron chi connectivity index (χ0n) is 18.0. The Bertz CT molecular complexity index is 992. The van der Waals surface area contributed by atoms with E-state index in [0.717, 1.165) is 43.2 Å². The van der Waals surface area contributed by atoms with Crippen LogP contribution >= 0.6 is 11.3 Å². The molecule has 0 saturated heterocycles. The molecule has 1 fully saturated rings. The molecule has 1 unspecified atom stereocenters. The van der Waals surface area contributed by atoms with Gasteiger partial charge in [-0.25, -0.2) is 4.79 Å². The quantitative estimate of drug-likeness (QED) is 0.628. The number of thiophene rings is 1. The second kappa shape index (κ2) is 9.22. The summed E-state index contributed by atoms with van der Waals surface area (Å²) in [6.45, 7) is 4.75. The highest BCUT2D eigenvalue weighted by Crippen LogP contribution is 2.40. The molecule has 1 atom stereocenters. The summed E-state index contributed by atoms with van der Waals surface area (Å²) < 4.78 is 5.27. The topological polar surface area (TPSA) is 84.5 Å². The first-order valence-electron chi connectivity index (χ1n) is 11.0. The summed E-state index contributed by atoms with van der Waals surface area (Å²) in [4.78, 5) is 38.4. The molecule has 164 valence electrons. The van der Waals surface area contributed by atoms with Crippen LogP contribution in [0.15, 0.2) is 24.3 Å². The van der Waals surface area contributed by atoms with Crippen molar-refractivity contribution in [2.75, 3.05) is 11.9 Å². The van der Waals surface area contributed by atoms with Gasteiger partial charge in [-0.15, -0.1) is 11.3 Å². The van der Waals surface area contributed by atoms with Crippen molar-refractivity contribution in [3.8, 4) is 0 Å². The van der Waals surface area contributed by atoms with Gasteiger partial charge in [0.25, 0.3) is 5.91 Å². The third kappa shape index (κ3) is 4.98. The largest absolute Gasteiger partial charge is 0.462 e. The summed E-state index contributed by atoms with van der Waals surface area (Å²) in [5.74, 6) is 0.220. The molecule has 2 aliphatic carbocycles. The van der Waals surface area contributed by atoms with Gasteiger partial charge >= 0.3 is 5.97 Å². The molecule has 6 nitrogen and oxygen atoms in total. The molecule has 1 saturated carbocycles. The standard InChI is InChI=1S/C24H28N2O4S/c1-3-30-24(29)20-18-11-4-14(2)12-19(18)31-23(20)26-22(28)17-7-5-15(6-8-17)13-25-21(27)16-9-10-16/h5-8,14,16H,3-4,9-13H2,1-2H3,(H,25,27)(H,26,28). The number of amides is 2. The van der Waals surface area contributed by atoms with Crippen molar-refractivity contribution in [1.29, 1.82) is 0 Å². The van der Waals surface area contributed by atoms with Crippen molar-refractivity contribution >= 4 is 34.1 Å². The number of ether oxygens (including phenoxy) is 1. The van der Waals surface area contributed by atoms with E-state index in [4.69, 9.17) is 4.74 Å². The van der Waals surface area contributed by atoms with Crippen molar-refractivity contribution in [1.82, 2.24) is 5.32 Å². The third-order valence-corrected chi connectivity index (χ3v) is 7.02. The number of rotatable bonds is 7. The Labute approximate surface area is 186 Å². The van der Waals surface area contributed by atoms with E-state index >= 15 is 0 Å². The molecular formula is C24H28N2O4S. The minimum absolute atomic E-state index is 0.101. The van der Waals surface area contributed by atoms with E-state index in [1.807, 2.05) is 12.1 Å². The highest BCUT2D eigenvalue weighted by Gasteiger charge is 2.30. The Hall–Kier alpha value is -2.67. The number of esters is 1. The van der Waals surface area contributed by atoms with Crippen LogP contribution in [0.4, 0.5) is 5.00 Å². The predicted molar refractivity (Wildman–Crippen MR) is 120 cm³/mol. The lowest BCUT2D eigenvalue weighted by atomic mass is 9.88. The summed E-state index contributed by atoms with van der Waals surface area (Å²) in [6, 6.07) is 7.17. The molecule has 2 N–H and O–H groups in total. The van der Waals surface area contributed by atoms with Crippen LogP contribution in [0, 0.1) is 11.8 Å². The maximum Gasteiger partial charge on any atom is 0.341 e. The van der Waals surface area contributed by atoms with Crippen molar-refractivity contribution in [2.24, 2.45) is 11.8 Å². The summed E-state index contributed by atoms with van der Waals surface area (Å²) in [7, 11) is 0. The van der Waals surface area contributed by atoms with E-state index in [0.29, 0.717) is 35.2 Å². The first-order chi connectivity index (χ1) is 15.0. The number of hydrogen-bond acceptors (Lipinski definition) is 5. The Morgan fingerprint density at radius 3 is 2.55 bits per heavy atom. The lowest BCUT2D eigenvalue weighted by Crippen LogP contribution is -2.24. The first kappa shape index (κ1) is 21.6. The molecule has 2 amide bonds. The Morgan fingerprint density at radius 1 is 1.13 bits per heavy atom. The second-order valence-electron chi connectivity index (χ2n) is 8.42. The van der Waals surface area contributed by atoms with Crippen LogP contribution in [0.5, 0.6) is 0 Å². The van der Waals surface area contributed by atoms with E-state index in [2.05, 4.69) is 17.6 Å². The van der Waals surface area contributed by atoms with E-state index in [-0.39, 0.29) is 23.7 Å². The fourth-order valence-corrected chi connectivity index (χ4v) is 5.28. The van der Waals surface area contributed by atoms with Gasteiger partial charge in [0.05, 0.1) is 12.2 Å². The number of carbonyl (C=O) groups excluding carboxylic acids is 3. The molecule has 7 heteroatoms. The van der Waals surface area contributed by atoms with Crippen LogP contribution in [0.25, 0.3) is 0 Å². The van der Waals surface area contributed by atoms with Crippen molar-refractivity contribution < 1.29 is 19.1 Å². The van der Waals surface area contributed by atoms with Gasteiger partial charge < -0.3 is 15.4 Å². The zero-order chi connectivity index (χ0) is 22.0. The van der Waals surface area contributed by atoms with Gasteiger partial charge in [-0.3, -0.25) is 9.59 Å². The SMILES string of the molecule is CCOC(=O)c1c(NC(=O)c2ccc(CNC(=O)C3CC3)cc2)sc2c1CCC(C)C2. The summed E-state index contributed by atoms with van der Waals surface area (Å²) in [5, 5.41) is 6.44. The number of anilines is 1. The van der Waals surface area contributed by atoms with Gasteiger partial charge in [0.1, 0.15) is 5.00 Å². The minimum Gasteiger partial charge on any atom is -0.462 e. The molecule has 0 aliphatic heterocycles. The molecule has 4 rings (SSSR count). The average Bonchev–Trinajstić information content (AvgIpc) is 3.54. The monoisotopic (exact) mass is 440 g/mol. The molecule has 0 bridgehead atoms. The third-order valence-electron chi connectivity index (χ3n) is 5.85. The lowest BCUT2D eigenvalue weighted by molar-refractivity contribution is -0.122. The van der Waals surface area contributed by atoms with E-state index in [1.54, 1.807) is 19.1 Å². The van der Waals surface area contributed by atoms with E-state index in [9.17, 15) is 14.4 Å². The highest BCUT2D eigenvalue weighted by molar-refractivity contribution is 7.17. The van der Waals surface area contributed by atoms with Crippen molar-refractivity contribution in [2.45, 2.75) is 52.5 Å². The van der Waals surface area contributed by atoms with Crippen molar-refractivity contribution in [3.05, 3.63) is 51.4 Å². The van der Waals surface area contributed by atoms with Crippen LogP contribution in [-0.4, -0.2) is 24.4 Å². The lowest BCUT2D eigenvalue weighted by Gasteiger charge is -2.18. The van der Waals surface area contributed by atoms with E-state index < -0.39 is 0 Å². The fourth-order valence-electron chi connectivity index (χ4n) is 3.89. The van der Waals surface area contributed by atoms with Gasteiger partial charge in [0.2, 0.25) is 5.91 Å². The number of carbonyl (C=O) groups is 3. The normalized spacial score (nSPS) is 17.5. The van der Waals surface area contributed by atoms with Gasteiger partial charge in [-0.05, 0) is 68.2 Å². The zero-order valence-corrected chi connectivity index (χ0v) is 18.8. The van der Waals surface area contributed by atoms with Gasteiger partial charge in [0, 0.05) is 22.9 Å². The molecule has 0 radical (unpaired) electrons. The smallest absolute Gasteiger partial charge is 0.341 e. The molecule has 0 spiro atoms. The second-order valence-corrected chi connectivity index (χ2v) is 9.52. The van der Waals surface area contributed by atoms with Crippen LogP contribution in [0.2, 0.25) is 0 Å². The predicted octanol–water partition coefficient (Wildman–Crippen LogP) is 4.33. The molecular weight excluding hydrogens is 412 g/mol. The Morgan fingerprint density at radius 2 is 1.87 bits per heavy atom. The number of fused-ring (bicyclic) bond motifs is 1. The maximum absolute atomic E-state index is 12.9. The van der Waals surface area contributed by atoms with Crippen LogP contribution in [-0.2, 0) is 28.9 Å². The van der Waals surface area contributed by atoms with Crippen LogP contribution in [0.1, 0.15) is 69.8 Å². The molecule has 31 heavy (non-hydrogen) atoms. The molecule has 1 aromatic heterocycles. The van der Waals surface area contributed by atoms with Gasteiger partial charge in [-0.2, -0.15) is 0 Å². The summed E-state index contributed by atoms with van der Waals surface area (Å²) in [5.41, 5.74) is 2.99. The molecule has 1 aromatic carbocycles. The number of nitrogens with one attached hydrogen (secondary N) is 2. The number of hydrogen-bond donors (Lipinski definition) is 2. The first-order valence-corrected chi connectivity index (χ1v) is 11.8. The average molecular weight is 441 g/mol. The molecule has 2 aliphatic rings. The van der Waals surface area contributed by atoms with Crippen LogP contribution in [0.3, 0.4) is 0 Å². The Kier molecular flexibility index (Phi) is 6.41. The van der Waals surface area contributed by atoms with Gasteiger partial charge in [0.15, 0.2) is 0 Å². The summed E-state index contributed by atoms with van der Waals surface area (Å²) in [6.07, 6.45) is 4.73. The molecule has 1 heterocycles. The fraction of sp³-hybridized carbons (Fsp3) is 0.458. The van der Waals surface area contributed by atoms with Crippen LogP contribution < -0.4 is 10.6 Å². The number of benzene rings is 1. The Balaban J connectivity index is 1.47. The maximum atomic E-state index is 12.9. The minimum atomic E-state index is -0.369.